The topological polar surface area (TPSA) is 71.5 Å². The molecule has 0 aliphatic heterocycles. The third-order valence-electron chi connectivity index (χ3n) is 3.11. The van der Waals surface area contributed by atoms with Gasteiger partial charge in [-0.2, -0.15) is 0 Å². The number of anilines is 1. The number of ether oxygens (including phenoxy) is 1. The summed E-state index contributed by atoms with van der Waals surface area (Å²) in [6, 6.07) is 6.73. The molecule has 0 atom stereocenters. The van der Waals surface area contributed by atoms with Gasteiger partial charge in [0.1, 0.15) is 12.3 Å². The molecule has 8 heteroatoms. The van der Waals surface area contributed by atoms with Crippen molar-refractivity contribution in [3.63, 3.8) is 0 Å². The Kier molecular flexibility index (Phi) is 6.57. The van der Waals surface area contributed by atoms with Crippen LogP contribution in [0.25, 0.3) is 0 Å². The molecule has 2 amide bonds. The Morgan fingerprint density at radius 3 is 2.62 bits per heavy atom. The molecular formula is C16H18ClN3O3S. The smallest absolute Gasteiger partial charge is 0.260 e. The summed E-state index contributed by atoms with van der Waals surface area (Å²) in [7, 11) is 0. The highest BCUT2D eigenvalue weighted by atomic mass is 35.5. The number of thiazole rings is 1. The summed E-state index contributed by atoms with van der Waals surface area (Å²) in [6.45, 7) is 3.88. The number of carbonyl (C=O) groups excluding carboxylic acids is 2. The van der Waals surface area contributed by atoms with E-state index in [0.717, 1.165) is 5.69 Å². The fourth-order valence-corrected chi connectivity index (χ4v) is 2.72. The van der Waals surface area contributed by atoms with Gasteiger partial charge in [0.05, 0.1) is 5.69 Å². The van der Waals surface area contributed by atoms with Crippen molar-refractivity contribution in [1.82, 2.24) is 9.88 Å². The highest BCUT2D eigenvalue weighted by Crippen LogP contribution is 2.16. The first-order valence-electron chi connectivity index (χ1n) is 7.36. The van der Waals surface area contributed by atoms with E-state index < -0.39 is 0 Å². The van der Waals surface area contributed by atoms with Crippen LogP contribution in [0, 0.1) is 6.92 Å². The average molecular weight is 368 g/mol. The molecule has 2 aromatic rings. The van der Waals surface area contributed by atoms with E-state index in [-0.39, 0.29) is 25.0 Å². The molecule has 2 rings (SSSR count). The van der Waals surface area contributed by atoms with Crippen LogP contribution in [-0.4, -0.2) is 41.4 Å². The zero-order valence-electron chi connectivity index (χ0n) is 13.4. The Balaban J connectivity index is 1.84. The Morgan fingerprint density at radius 1 is 1.33 bits per heavy atom. The summed E-state index contributed by atoms with van der Waals surface area (Å²) < 4.78 is 5.42. The molecule has 1 heterocycles. The summed E-state index contributed by atoms with van der Waals surface area (Å²) >= 11 is 7.14. The van der Waals surface area contributed by atoms with Crippen molar-refractivity contribution in [2.45, 2.75) is 13.8 Å². The van der Waals surface area contributed by atoms with E-state index in [4.69, 9.17) is 16.3 Å². The standard InChI is InChI=1S/C16H18ClN3O3S/c1-3-20(8-14(21)19-16-18-11(2)10-24-16)15(22)9-23-13-6-4-12(17)5-7-13/h4-7,10H,3,8-9H2,1-2H3,(H,18,19,21). The van der Waals surface area contributed by atoms with Crippen LogP contribution >= 0.6 is 22.9 Å². The monoisotopic (exact) mass is 367 g/mol. The quantitative estimate of drug-likeness (QED) is 0.816. The Hall–Kier alpha value is -2.12. The lowest BCUT2D eigenvalue weighted by atomic mass is 10.3. The second kappa shape index (κ2) is 8.65. The van der Waals surface area contributed by atoms with Gasteiger partial charge in [-0.25, -0.2) is 4.98 Å². The second-order valence-electron chi connectivity index (χ2n) is 4.99. The molecule has 6 nitrogen and oxygen atoms in total. The minimum absolute atomic E-state index is 0.0437. The number of rotatable bonds is 7. The van der Waals surface area contributed by atoms with Crippen molar-refractivity contribution in [3.05, 3.63) is 40.4 Å². The van der Waals surface area contributed by atoms with Gasteiger partial charge < -0.3 is 15.0 Å². The van der Waals surface area contributed by atoms with Crippen molar-refractivity contribution in [1.29, 1.82) is 0 Å². The van der Waals surface area contributed by atoms with Crippen molar-refractivity contribution in [2.75, 3.05) is 25.0 Å². The molecule has 1 aromatic heterocycles. The maximum absolute atomic E-state index is 12.2. The van der Waals surface area contributed by atoms with Crippen LogP contribution in [-0.2, 0) is 9.59 Å². The van der Waals surface area contributed by atoms with Crippen LogP contribution in [0.1, 0.15) is 12.6 Å². The van der Waals surface area contributed by atoms with Crippen LogP contribution in [0.2, 0.25) is 5.02 Å². The highest BCUT2D eigenvalue weighted by Gasteiger charge is 2.17. The van der Waals surface area contributed by atoms with Crippen molar-refractivity contribution >= 4 is 39.9 Å². The van der Waals surface area contributed by atoms with Gasteiger partial charge in [0.2, 0.25) is 5.91 Å². The number of aryl methyl sites for hydroxylation is 1. The second-order valence-corrected chi connectivity index (χ2v) is 6.29. The number of hydrogen-bond donors (Lipinski definition) is 1. The largest absolute Gasteiger partial charge is 0.484 e. The summed E-state index contributed by atoms with van der Waals surface area (Å²) in [5, 5.41) is 5.65. The lowest BCUT2D eigenvalue weighted by Crippen LogP contribution is -2.40. The molecule has 0 fully saturated rings. The van der Waals surface area contributed by atoms with Crippen molar-refractivity contribution in [3.8, 4) is 5.75 Å². The molecule has 0 bridgehead atoms. The van der Waals surface area contributed by atoms with E-state index in [9.17, 15) is 9.59 Å². The maximum Gasteiger partial charge on any atom is 0.260 e. The van der Waals surface area contributed by atoms with Crippen LogP contribution in [0.4, 0.5) is 5.13 Å². The lowest BCUT2D eigenvalue weighted by molar-refractivity contribution is -0.136. The SMILES string of the molecule is CCN(CC(=O)Nc1nc(C)cs1)C(=O)COc1ccc(Cl)cc1. The van der Waals surface area contributed by atoms with Gasteiger partial charge in [-0.15, -0.1) is 11.3 Å². The van der Waals surface area contributed by atoms with Gasteiger partial charge in [-0.3, -0.25) is 9.59 Å². The highest BCUT2D eigenvalue weighted by molar-refractivity contribution is 7.13. The Labute approximate surface area is 149 Å². The molecule has 128 valence electrons. The first-order chi connectivity index (χ1) is 11.5. The molecule has 1 N–H and O–H groups in total. The minimum Gasteiger partial charge on any atom is -0.484 e. The molecule has 0 saturated carbocycles. The molecular weight excluding hydrogens is 350 g/mol. The van der Waals surface area contributed by atoms with Gasteiger partial charge in [0, 0.05) is 16.9 Å². The zero-order chi connectivity index (χ0) is 17.5. The van der Waals surface area contributed by atoms with Crippen LogP contribution < -0.4 is 10.1 Å². The number of likely N-dealkylation sites (N-methyl/N-ethyl adjacent to an activating group) is 1. The van der Waals surface area contributed by atoms with E-state index >= 15 is 0 Å². The van der Waals surface area contributed by atoms with Crippen LogP contribution in [0.3, 0.4) is 0 Å². The maximum atomic E-state index is 12.2. The predicted octanol–water partition coefficient (Wildman–Crippen LogP) is 2.97. The molecule has 0 aliphatic rings. The molecule has 0 aliphatic carbocycles. The molecule has 0 saturated heterocycles. The summed E-state index contributed by atoms with van der Waals surface area (Å²) in [5.41, 5.74) is 0.843. The zero-order valence-corrected chi connectivity index (χ0v) is 15.0. The molecule has 0 spiro atoms. The van der Waals surface area contributed by atoms with Gasteiger partial charge in [0.15, 0.2) is 11.7 Å². The number of hydrogen-bond acceptors (Lipinski definition) is 5. The van der Waals surface area contributed by atoms with Gasteiger partial charge in [-0.1, -0.05) is 11.6 Å². The molecule has 1 aromatic carbocycles. The Bertz CT molecular complexity index is 703. The number of amides is 2. The van der Waals surface area contributed by atoms with E-state index in [2.05, 4.69) is 10.3 Å². The van der Waals surface area contributed by atoms with E-state index in [0.29, 0.717) is 22.4 Å². The van der Waals surface area contributed by atoms with Gasteiger partial charge >= 0.3 is 0 Å². The number of nitrogens with one attached hydrogen (secondary N) is 1. The molecule has 24 heavy (non-hydrogen) atoms. The number of benzene rings is 1. The third-order valence-corrected chi connectivity index (χ3v) is 4.24. The lowest BCUT2D eigenvalue weighted by Gasteiger charge is -2.20. The van der Waals surface area contributed by atoms with Crippen LogP contribution in [0.15, 0.2) is 29.6 Å². The van der Waals surface area contributed by atoms with E-state index in [1.807, 2.05) is 12.3 Å². The van der Waals surface area contributed by atoms with Gasteiger partial charge in [-0.05, 0) is 38.1 Å². The number of carbonyl (C=O) groups is 2. The average Bonchev–Trinajstić information content (AvgIpc) is 2.96. The summed E-state index contributed by atoms with van der Waals surface area (Å²) in [4.78, 5) is 29.8. The van der Waals surface area contributed by atoms with E-state index in [1.54, 1.807) is 31.2 Å². The minimum atomic E-state index is -0.286. The van der Waals surface area contributed by atoms with Gasteiger partial charge in [0.25, 0.3) is 5.91 Å². The number of aromatic nitrogens is 1. The fourth-order valence-electron chi connectivity index (χ4n) is 1.89. The Morgan fingerprint density at radius 2 is 2.04 bits per heavy atom. The van der Waals surface area contributed by atoms with Crippen LogP contribution in [0.5, 0.6) is 5.75 Å². The van der Waals surface area contributed by atoms with Crippen molar-refractivity contribution < 1.29 is 14.3 Å². The number of halogens is 1. The summed E-state index contributed by atoms with van der Waals surface area (Å²) in [6.07, 6.45) is 0. The fraction of sp³-hybridized carbons (Fsp3) is 0.312. The van der Waals surface area contributed by atoms with Crippen molar-refractivity contribution in [2.24, 2.45) is 0 Å². The third kappa shape index (κ3) is 5.50. The number of nitrogens with zero attached hydrogens (tertiary/aromatic N) is 2. The van der Waals surface area contributed by atoms with E-state index in [1.165, 1.54) is 16.2 Å². The normalized spacial score (nSPS) is 10.3. The molecule has 0 unspecified atom stereocenters. The predicted molar refractivity (Wildman–Crippen MR) is 94.7 cm³/mol. The summed E-state index contributed by atoms with van der Waals surface area (Å²) in [5.74, 6) is -0.00419. The first-order valence-corrected chi connectivity index (χ1v) is 8.62. The first kappa shape index (κ1) is 18.2. The molecule has 0 radical (unpaired) electrons.